The molecule has 0 saturated heterocycles. The van der Waals surface area contributed by atoms with Gasteiger partial charge in [-0.1, -0.05) is 11.6 Å². The minimum Gasteiger partial charge on any atom is -0.494 e. The zero-order valence-corrected chi connectivity index (χ0v) is 10.8. The molecule has 0 bridgehead atoms. The zero-order chi connectivity index (χ0) is 12.8. The molecule has 18 heavy (non-hydrogen) atoms. The van der Waals surface area contributed by atoms with Crippen molar-refractivity contribution in [1.29, 1.82) is 0 Å². The minimum atomic E-state index is 0.733. The second-order valence-corrected chi connectivity index (χ2v) is 4.60. The van der Waals surface area contributed by atoms with Gasteiger partial charge >= 0.3 is 0 Å². The molecular weight excluding hydrogens is 224 g/mol. The van der Waals surface area contributed by atoms with Crippen LogP contribution in [-0.2, 0) is 0 Å². The molecule has 1 aliphatic rings. The van der Waals surface area contributed by atoms with Crippen LogP contribution in [0.4, 0.5) is 5.69 Å². The Morgan fingerprint density at radius 1 is 1.28 bits per heavy atom. The van der Waals surface area contributed by atoms with Gasteiger partial charge in [0.05, 0.1) is 6.61 Å². The second kappa shape index (κ2) is 6.15. The third-order valence-corrected chi connectivity index (χ3v) is 2.87. The van der Waals surface area contributed by atoms with Crippen LogP contribution in [0, 0.1) is 0 Å². The highest BCUT2D eigenvalue weighted by molar-refractivity contribution is 5.41. The number of rotatable bonds is 5. The summed E-state index contributed by atoms with van der Waals surface area (Å²) >= 11 is 0. The summed E-state index contributed by atoms with van der Waals surface area (Å²) in [5, 5.41) is 0. The van der Waals surface area contributed by atoms with Crippen LogP contribution in [-0.4, -0.2) is 24.6 Å². The van der Waals surface area contributed by atoms with Gasteiger partial charge in [-0.2, -0.15) is 0 Å². The number of allylic oxidation sites excluding steroid dienone is 2. The lowest BCUT2D eigenvalue weighted by atomic mass is 10.2. The molecule has 0 unspecified atom stereocenters. The fourth-order valence-corrected chi connectivity index (χ4v) is 1.93. The van der Waals surface area contributed by atoms with Crippen molar-refractivity contribution in [3.05, 3.63) is 48.2 Å². The number of nitrogens with zero attached hydrogens (tertiary/aromatic N) is 1. The van der Waals surface area contributed by atoms with Gasteiger partial charge in [0.25, 0.3) is 0 Å². The smallest absolute Gasteiger partial charge is 0.119 e. The maximum atomic E-state index is 5.66. The van der Waals surface area contributed by atoms with Crippen molar-refractivity contribution in [2.45, 2.75) is 13.3 Å². The van der Waals surface area contributed by atoms with Crippen molar-refractivity contribution in [3.8, 4) is 5.75 Å². The molecule has 0 aromatic heterocycles. The van der Waals surface area contributed by atoms with Gasteiger partial charge in [-0.05, 0) is 49.9 Å². The standard InChI is InChI=1S/C15H20N2O/c1-13-4-2-9-17(12-13)10-3-11-18-15-7-5-14(16)6-8-15/h2,4-9H,3,10-12,16H2,1H3. The molecule has 1 heterocycles. The highest BCUT2D eigenvalue weighted by atomic mass is 16.5. The number of nitrogens with two attached hydrogens (primary N) is 1. The van der Waals surface area contributed by atoms with E-state index in [9.17, 15) is 0 Å². The molecule has 0 amide bonds. The predicted molar refractivity (Wildman–Crippen MR) is 75.4 cm³/mol. The van der Waals surface area contributed by atoms with Crippen LogP contribution in [0.3, 0.4) is 0 Å². The Bertz CT molecular complexity index is 434. The molecule has 3 heteroatoms. The van der Waals surface area contributed by atoms with Crippen molar-refractivity contribution >= 4 is 5.69 Å². The van der Waals surface area contributed by atoms with E-state index >= 15 is 0 Å². The molecule has 0 aliphatic carbocycles. The topological polar surface area (TPSA) is 38.5 Å². The van der Waals surface area contributed by atoms with E-state index in [1.165, 1.54) is 5.57 Å². The summed E-state index contributed by atoms with van der Waals surface area (Å²) in [6.45, 7) is 4.94. The van der Waals surface area contributed by atoms with Crippen LogP contribution < -0.4 is 10.5 Å². The Balaban J connectivity index is 1.66. The predicted octanol–water partition coefficient (Wildman–Crippen LogP) is 2.81. The van der Waals surface area contributed by atoms with Crippen molar-refractivity contribution in [2.75, 3.05) is 25.4 Å². The Morgan fingerprint density at radius 3 is 2.78 bits per heavy atom. The van der Waals surface area contributed by atoms with Crippen LogP contribution in [0.2, 0.25) is 0 Å². The Hall–Kier alpha value is -1.90. The molecule has 1 aromatic rings. The first-order valence-corrected chi connectivity index (χ1v) is 6.30. The molecule has 3 nitrogen and oxygen atoms in total. The van der Waals surface area contributed by atoms with E-state index in [4.69, 9.17) is 10.5 Å². The second-order valence-electron chi connectivity index (χ2n) is 4.60. The summed E-state index contributed by atoms with van der Waals surface area (Å²) < 4.78 is 5.66. The first-order valence-electron chi connectivity index (χ1n) is 6.30. The van der Waals surface area contributed by atoms with E-state index in [2.05, 4.69) is 30.2 Å². The van der Waals surface area contributed by atoms with Gasteiger partial charge in [0.1, 0.15) is 5.75 Å². The third-order valence-electron chi connectivity index (χ3n) is 2.87. The van der Waals surface area contributed by atoms with Crippen molar-refractivity contribution in [1.82, 2.24) is 4.90 Å². The molecule has 1 aliphatic heterocycles. The first kappa shape index (κ1) is 12.6. The Labute approximate surface area is 109 Å². The molecule has 2 N–H and O–H groups in total. The zero-order valence-electron chi connectivity index (χ0n) is 10.8. The highest BCUT2D eigenvalue weighted by Crippen LogP contribution is 2.13. The number of hydrogen-bond donors (Lipinski definition) is 1. The number of hydrogen-bond acceptors (Lipinski definition) is 3. The van der Waals surface area contributed by atoms with E-state index < -0.39 is 0 Å². The normalized spacial score (nSPS) is 14.5. The Kier molecular flexibility index (Phi) is 4.29. The van der Waals surface area contributed by atoms with Crippen molar-refractivity contribution in [2.24, 2.45) is 0 Å². The summed E-state index contributed by atoms with van der Waals surface area (Å²) in [7, 11) is 0. The van der Waals surface area contributed by atoms with Crippen LogP contribution in [0.15, 0.2) is 48.2 Å². The van der Waals surface area contributed by atoms with E-state index in [1.54, 1.807) is 0 Å². The SMILES string of the molecule is CC1=CC=CN(CCCOc2ccc(N)cc2)C1. The average molecular weight is 244 g/mol. The van der Waals surface area contributed by atoms with Crippen molar-refractivity contribution in [3.63, 3.8) is 0 Å². The quantitative estimate of drug-likeness (QED) is 0.639. The van der Waals surface area contributed by atoms with Gasteiger partial charge in [0.15, 0.2) is 0 Å². The van der Waals surface area contributed by atoms with Gasteiger partial charge in [0, 0.05) is 18.8 Å². The van der Waals surface area contributed by atoms with E-state index in [0.29, 0.717) is 0 Å². The van der Waals surface area contributed by atoms with Gasteiger partial charge < -0.3 is 15.4 Å². The van der Waals surface area contributed by atoms with Gasteiger partial charge in [-0.15, -0.1) is 0 Å². The van der Waals surface area contributed by atoms with Crippen LogP contribution in [0.5, 0.6) is 5.75 Å². The number of ether oxygens (including phenoxy) is 1. The number of anilines is 1. The minimum absolute atomic E-state index is 0.733. The molecule has 0 fully saturated rings. The van der Waals surface area contributed by atoms with Crippen LogP contribution in [0.1, 0.15) is 13.3 Å². The molecule has 0 atom stereocenters. The average Bonchev–Trinajstić information content (AvgIpc) is 2.37. The lowest BCUT2D eigenvalue weighted by Crippen LogP contribution is -2.23. The van der Waals surface area contributed by atoms with E-state index in [0.717, 1.165) is 37.6 Å². The molecule has 96 valence electrons. The molecule has 1 aromatic carbocycles. The Morgan fingerprint density at radius 2 is 2.06 bits per heavy atom. The van der Waals surface area contributed by atoms with E-state index in [1.807, 2.05) is 24.3 Å². The van der Waals surface area contributed by atoms with Gasteiger partial charge in [0.2, 0.25) is 0 Å². The fourth-order valence-electron chi connectivity index (χ4n) is 1.93. The maximum Gasteiger partial charge on any atom is 0.119 e. The first-order chi connectivity index (χ1) is 8.74. The lowest BCUT2D eigenvalue weighted by Gasteiger charge is -2.23. The summed E-state index contributed by atoms with van der Waals surface area (Å²) in [6.07, 6.45) is 7.40. The van der Waals surface area contributed by atoms with Crippen molar-refractivity contribution < 1.29 is 4.74 Å². The molecular formula is C15H20N2O. The summed E-state index contributed by atoms with van der Waals surface area (Å²) in [4.78, 5) is 2.31. The van der Waals surface area contributed by atoms with Crippen LogP contribution in [0.25, 0.3) is 0 Å². The highest BCUT2D eigenvalue weighted by Gasteiger charge is 2.03. The van der Waals surface area contributed by atoms with E-state index in [-0.39, 0.29) is 0 Å². The molecule has 0 radical (unpaired) electrons. The lowest BCUT2D eigenvalue weighted by molar-refractivity contribution is 0.281. The number of nitrogen functional groups attached to an aromatic ring is 1. The van der Waals surface area contributed by atoms with Gasteiger partial charge in [-0.25, -0.2) is 0 Å². The fraction of sp³-hybridized carbons (Fsp3) is 0.333. The molecule has 2 rings (SSSR count). The van der Waals surface area contributed by atoms with Crippen LogP contribution >= 0.6 is 0 Å². The monoisotopic (exact) mass is 244 g/mol. The molecule has 0 spiro atoms. The maximum absolute atomic E-state index is 5.66. The summed E-state index contributed by atoms with van der Waals surface area (Å²) in [6, 6.07) is 7.53. The van der Waals surface area contributed by atoms with Gasteiger partial charge in [-0.3, -0.25) is 0 Å². The largest absolute Gasteiger partial charge is 0.494 e. The summed E-state index contributed by atoms with van der Waals surface area (Å²) in [5.74, 6) is 0.884. The number of benzene rings is 1. The molecule has 0 saturated carbocycles. The third kappa shape index (κ3) is 3.84. The summed E-state index contributed by atoms with van der Waals surface area (Å²) in [5.41, 5.74) is 7.78.